The summed E-state index contributed by atoms with van der Waals surface area (Å²) in [5, 5.41) is 27.2. The van der Waals surface area contributed by atoms with Crippen LogP contribution < -0.4 is 5.73 Å². The highest BCUT2D eigenvalue weighted by Crippen LogP contribution is 2.48. The number of benzene rings is 1. The van der Waals surface area contributed by atoms with Crippen molar-refractivity contribution in [2.75, 3.05) is 0 Å². The molecule has 1 atom stereocenters. The van der Waals surface area contributed by atoms with Crippen molar-refractivity contribution in [2.24, 2.45) is 5.73 Å². The smallest absolute Gasteiger partial charge is 0.455 e. The van der Waals surface area contributed by atoms with Crippen molar-refractivity contribution in [3.63, 3.8) is 0 Å². The lowest BCUT2D eigenvalue weighted by molar-refractivity contribution is -0.291. The Morgan fingerprint density at radius 1 is 0.944 bits per heavy atom. The van der Waals surface area contributed by atoms with Gasteiger partial charge in [-0.25, -0.2) is 0 Å². The summed E-state index contributed by atoms with van der Waals surface area (Å²) in [5.74, 6) is -8.39. The molecule has 102 valence electrons. The minimum atomic E-state index is -5.94. The van der Waals surface area contributed by atoms with Gasteiger partial charge in [0, 0.05) is 12.1 Å². The number of aromatic hydroxyl groups is 3. The minimum absolute atomic E-state index is 0.487. The third-order valence-corrected chi connectivity index (χ3v) is 2.20. The summed E-state index contributed by atoms with van der Waals surface area (Å²) < 4.78 is 62.1. The van der Waals surface area contributed by atoms with Gasteiger partial charge in [-0.2, -0.15) is 22.0 Å². The van der Waals surface area contributed by atoms with Crippen LogP contribution in [-0.4, -0.2) is 27.4 Å². The molecule has 18 heavy (non-hydrogen) atoms. The fourth-order valence-corrected chi connectivity index (χ4v) is 1.28. The van der Waals surface area contributed by atoms with Crippen molar-refractivity contribution in [1.82, 2.24) is 0 Å². The van der Waals surface area contributed by atoms with Crippen LogP contribution in [0.4, 0.5) is 22.0 Å². The van der Waals surface area contributed by atoms with Crippen LogP contribution in [0, 0.1) is 0 Å². The number of phenols is 3. The number of phenolic OH excluding ortho intramolecular Hbond substituents is 3. The zero-order chi connectivity index (χ0) is 14.3. The number of nitrogens with two attached hydrogens (primary N) is 1. The van der Waals surface area contributed by atoms with Crippen LogP contribution in [0.2, 0.25) is 0 Å². The summed E-state index contributed by atoms with van der Waals surface area (Å²) in [5.41, 5.74) is 3.54. The van der Waals surface area contributed by atoms with E-state index in [0.717, 1.165) is 0 Å². The van der Waals surface area contributed by atoms with Gasteiger partial charge in [0.2, 0.25) is 0 Å². The summed E-state index contributed by atoms with van der Waals surface area (Å²) in [6.45, 7) is 0. The molecule has 1 aromatic rings. The van der Waals surface area contributed by atoms with Gasteiger partial charge in [0.05, 0.1) is 5.56 Å². The van der Waals surface area contributed by atoms with E-state index in [9.17, 15) is 32.2 Å². The van der Waals surface area contributed by atoms with Crippen molar-refractivity contribution in [2.45, 2.75) is 18.1 Å². The molecule has 0 aliphatic carbocycles. The number of rotatable bonds is 2. The van der Waals surface area contributed by atoms with E-state index in [-0.39, 0.29) is 0 Å². The van der Waals surface area contributed by atoms with Crippen LogP contribution in [0.25, 0.3) is 0 Å². The largest absolute Gasteiger partial charge is 0.508 e. The van der Waals surface area contributed by atoms with Crippen LogP contribution in [0.3, 0.4) is 0 Å². The third-order valence-electron chi connectivity index (χ3n) is 2.20. The van der Waals surface area contributed by atoms with E-state index >= 15 is 0 Å². The van der Waals surface area contributed by atoms with E-state index in [1.54, 1.807) is 0 Å². The van der Waals surface area contributed by atoms with Crippen molar-refractivity contribution in [1.29, 1.82) is 0 Å². The van der Waals surface area contributed by atoms with E-state index in [1.165, 1.54) is 0 Å². The summed E-state index contributed by atoms with van der Waals surface area (Å²) in [7, 11) is 0. The normalized spacial score (nSPS) is 14.6. The lowest BCUT2D eigenvalue weighted by Crippen LogP contribution is -2.45. The van der Waals surface area contributed by atoms with E-state index < -0.39 is 41.0 Å². The van der Waals surface area contributed by atoms with Gasteiger partial charge in [-0.05, 0) is 0 Å². The zero-order valence-corrected chi connectivity index (χ0v) is 8.54. The second kappa shape index (κ2) is 4.16. The van der Waals surface area contributed by atoms with Gasteiger partial charge in [0.25, 0.3) is 0 Å². The maximum absolute atomic E-state index is 12.9. The monoisotopic (exact) mass is 273 g/mol. The molecule has 0 unspecified atom stereocenters. The van der Waals surface area contributed by atoms with E-state index in [2.05, 4.69) is 0 Å². The molecule has 4 nitrogen and oxygen atoms in total. The molecule has 9 heteroatoms. The first-order valence-corrected chi connectivity index (χ1v) is 4.43. The highest BCUT2D eigenvalue weighted by atomic mass is 19.4. The molecule has 0 heterocycles. The molecule has 0 spiro atoms. The summed E-state index contributed by atoms with van der Waals surface area (Å²) in [4.78, 5) is 0. The van der Waals surface area contributed by atoms with Crippen LogP contribution in [0.1, 0.15) is 11.6 Å². The Kier molecular flexibility index (Phi) is 3.30. The van der Waals surface area contributed by atoms with Crippen LogP contribution in [0.15, 0.2) is 12.1 Å². The standard InChI is InChI=1S/C9H8F5NO3/c10-8(11,9(12,13)14)7(15)6-4(17)1-3(16)2-5(6)18/h1-2,7,16-18H,15H2/t7-/m1/s1. The van der Waals surface area contributed by atoms with Gasteiger partial charge in [-0.3, -0.25) is 0 Å². The maximum Gasteiger partial charge on any atom is 0.455 e. The van der Waals surface area contributed by atoms with Crippen molar-refractivity contribution < 1.29 is 37.3 Å². The van der Waals surface area contributed by atoms with Crippen LogP contribution >= 0.6 is 0 Å². The second-order valence-electron chi connectivity index (χ2n) is 3.50. The Hall–Kier alpha value is -1.77. The first-order chi connectivity index (χ1) is 7.98. The maximum atomic E-state index is 12.9. The highest BCUT2D eigenvalue weighted by molar-refractivity contribution is 5.51. The molecule has 0 aliphatic rings. The molecule has 1 aromatic carbocycles. The molecule has 0 aromatic heterocycles. The lowest BCUT2D eigenvalue weighted by atomic mass is 9.98. The first kappa shape index (κ1) is 14.3. The lowest BCUT2D eigenvalue weighted by Gasteiger charge is -2.26. The number of alkyl halides is 5. The van der Waals surface area contributed by atoms with Crippen molar-refractivity contribution in [3.8, 4) is 17.2 Å². The van der Waals surface area contributed by atoms with E-state index in [0.29, 0.717) is 12.1 Å². The van der Waals surface area contributed by atoms with Crippen LogP contribution in [-0.2, 0) is 0 Å². The molecular formula is C9H8F5NO3. The number of hydrogen-bond donors (Lipinski definition) is 4. The molecule has 0 radical (unpaired) electrons. The third kappa shape index (κ3) is 2.26. The Labute approximate surface area is 97.1 Å². The van der Waals surface area contributed by atoms with Crippen molar-refractivity contribution >= 4 is 0 Å². The minimum Gasteiger partial charge on any atom is -0.508 e. The molecule has 0 saturated carbocycles. The SMILES string of the molecule is N[C@H](c1c(O)cc(O)cc1O)C(F)(F)C(F)(F)F. The van der Waals surface area contributed by atoms with Gasteiger partial charge in [0.15, 0.2) is 0 Å². The molecule has 0 fully saturated rings. The molecule has 0 aliphatic heterocycles. The highest BCUT2D eigenvalue weighted by Gasteiger charge is 2.62. The van der Waals surface area contributed by atoms with Crippen LogP contribution in [0.5, 0.6) is 17.2 Å². The molecule has 0 amide bonds. The number of halogens is 5. The Balaban J connectivity index is 3.32. The van der Waals surface area contributed by atoms with Crippen molar-refractivity contribution in [3.05, 3.63) is 17.7 Å². The average Bonchev–Trinajstić information content (AvgIpc) is 2.13. The van der Waals surface area contributed by atoms with Gasteiger partial charge in [-0.15, -0.1) is 0 Å². The quantitative estimate of drug-likeness (QED) is 0.621. The molecule has 0 bridgehead atoms. The molecule has 5 N–H and O–H groups in total. The average molecular weight is 273 g/mol. The predicted octanol–water partition coefficient (Wildman–Crippen LogP) is 2.00. The van der Waals surface area contributed by atoms with E-state index in [1.807, 2.05) is 0 Å². The Morgan fingerprint density at radius 2 is 1.33 bits per heavy atom. The molecular weight excluding hydrogens is 265 g/mol. The number of hydrogen-bond acceptors (Lipinski definition) is 4. The zero-order valence-electron chi connectivity index (χ0n) is 8.54. The van der Waals surface area contributed by atoms with E-state index in [4.69, 9.17) is 10.8 Å². The Morgan fingerprint density at radius 3 is 1.67 bits per heavy atom. The van der Waals surface area contributed by atoms with Gasteiger partial charge in [0.1, 0.15) is 23.3 Å². The van der Waals surface area contributed by atoms with Gasteiger partial charge in [-0.1, -0.05) is 0 Å². The van der Waals surface area contributed by atoms with Gasteiger partial charge >= 0.3 is 12.1 Å². The summed E-state index contributed by atoms with van der Waals surface area (Å²) in [6.07, 6.45) is -5.94. The fourth-order valence-electron chi connectivity index (χ4n) is 1.28. The molecule has 0 saturated heterocycles. The summed E-state index contributed by atoms with van der Waals surface area (Å²) in [6, 6.07) is -2.03. The Bertz CT molecular complexity index is 437. The topological polar surface area (TPSA) is 86.7 Å². The van der Waals surface area contributed by atoms with Gasteiger partial charge < -0.3 is 21.1 Å². The predicted molar refractivity (Wildman–Crippen MR) is 49.4 cm³/mol. The summed E-state index contributed by atoms with van der Waals surface area (Å²) >= 11 is 0. The second-order valence-corrected chi connectivity index (χ2v) is 3.50. The molecule has 1 rings (SSSR count). The first-order valence-electron chi connectivity index (χ1n) is 4.43. The fraction of sp³-hybridized carbons (Fsp3) is 0.333.